The zero-order valence-electron chi connectivity index (χ0n) is 45.2. The molecule has 0 rings (SSSR count). The molecule has 400 valence electrons. The van der Waals surface area contributed by atoms with Gasteiger partial charge in [0.2, 0.25) is 23.6 Å². The lowest BCUT2D eigenvalue weighted by Crippen LogP contribution is -2.45. The van der Waals surface area contributed by atoms with Crippen LogP contribution in [0, 0.1) is 27.1 Å². The van der Waals surface area contributed by atoms with Gasteiger partial charge in [-0.3, -0.25) is 38.4 Å². The van der Waals surface area contributed by atoms with E-state index in [-0.39, 0.29) is 121 Å². The molecule has 0 aromatic rings. The molecule has 0 aromatic carbocycles. The standard InChI is InChI=1S/C53H96N4O12/c1-49(2,3)41(58)25-17-13-21-29-54-45(62)33-66-37-53(38-67-34-46(63)55-30-22-14-18-26-42(59)50(4,5)6,39-68-35-47(64)56-31-23-15-19-27-43(60)51(7,8)9)40-69-36-48(65)57-32-24-16-20-28-44(61)52(10,11)12/h13-40H2,1-12H3,(H,54,62)(H,55,63)(H,56,64)(H,57,65). The predicted octanol–water partition coefficient (Wildman–Crippen LogP) is 7.21. The van der Waals surface area contributed by atoms with E-state index in [1.54, 1.807) is 0 Å². The summed E-state index contributed by atoms with van der Waals surface area (Å²) in [6, 6.07) is 0. The van der Waals surface area contributed by atoms with E-state index < -0.39 is 5.41 Å². The largest absolute Gasteiger partial charge is 0.371 e. The van der Waals surface area contributed by atoms with Gasteiger partial charge in [-0.1, -0.05) is 109 Å². The number of hydrogen-bond donors (Lipinski definition) is 4. The third kappa shape index (κ3) is 35.2. The average Bonchev–Trinajstić information content (AvgIpc) is 3.23. The predicted molar refractivity (Wildman–Crippen MR) is 269 cm³/mol. The maximum Gasteiger partial charge on any atom is 0.245 e. The van der Waals surface area contributed by atoms with Crippen molar-refractivity contribution in [3.8, 4) is 0 Å². The highest BCUT2D eigenvalue weighted by Gasteiger charge is 2.34. The number of nitrogens with one attached hydrogen (secondary N) is 4. The minimum atomic E-state index is -1.17. The average molecular weight is 981 g/mol. The van der Waals surface area contributed by atoms with Gasteiger partial charge in [-0.2, -0.15) is 0 Å². The molecule has 0 heterocycles. The van der Waals surface area contributed by atoms with Gasteiger partial charge in [0.1, 0.15) is 49.6 Å². The number of rotatable bonds is 40. The maximum absolute atomic E-state index is 12.8. The second-order valence-electron chi connectivity index (χ2n) is 22.8. The zero-order chi connectivity index (χ0) is 52.6. The SMILES string of the molecule is CC(C)(C)C(=O)CCCCCNC(=O)COCC(COCC(=O)NCCCCCC(=O)C(C)(C)C)(COCC(=O)NCCCCCC(=O)C(C)(C)C)COCC(=O)NCCCCCC(=O)C(C)(C)C. The molecule has 0 saturated heterocycles. The van der Waals surface area contributed by atoms with E-state index in [0.29, 0.717) is 77.5 Å². The van der Waals surface area contributed by atoms with Crippen LogP contribution in [0.2, 0.25) is 0 Å². The molecule has 0 unspecified atom stereocenters. The topological polar surface area (TPSA) is 222 Å². The summed E-state index contributed by atoms with van der Waals surface area (Å²) >= 11 is 0. The molecule has 0 spiro atoms. The summed E-state index contributed by atoms with van der Waals surface area (Å²) in [6.45, 7) is 22.6. The molecule has 16 nitrogen and oxygen atoms in total. The van der Waals surface area contributed by atoms with E-state index in [1.807, 2.05) is 83.1 Å². The number of ether oxygens (including phenoxy) is 4. The van der Waals surface area contributed by atoms with Crippen molar-refractivity contribution in [2.75, 3.05) is 79.0 Å². The van der Waals surface area contributed by atoms with Crippen LogP contribution >= 0.6 is 0 Å². The van der Waals surface area contributed by atoms with Gasteiger partial charge in [-0.15, -0.1) is 0 Å². The van der Waals surface area contributed by atoms with Crippen LogP contribution < -0.4 is 21.3 Å². The number of carbonyl (C=O) groups excluding carboxylic acids is 8. The summed E-state index contributed by atoms with van der Waals surface area (Å²) < 4.78 is 23.7. The molecule has 0 aliphatic rings. The van der Waals surface area contributed by atoms with Crippen LogP contribution in [0.15, 0.2) is 0 Å². The minimum Gasteiger partial charge on any atom is -0.371 e. The van der Waals surface area contributed by atoms with E-state index in [9.17, 15) is 38.4 Å². The fourth-order valence-electron chi connectivity index (χ4n) is 6.66. The van der Waals surface area contributed by atoms with Gasteiger partial charge < -0.3 is 40.2 Å². The summed E-state index contributed by atoms with van der Waals surface area (Å²) in [7, 11) is 0. The summed E-state index contributed by atoms with van der Waals surface area (Å²) in [5.74, 6) is -0.620. The summed E-state index contributed by atoms with van der Waals surface area (Å²) in [5.41, 5.74) is -2.69. The Morgan fingerprint density at radius 1 is 0.290 bits per heavy atom. The Balaban J connectivity index is 5.69. The van der Waals surface area contributed by atoms with E-state index in [1.165, 1.54) is 0 Å². The third-order valence-corrected chi connectivity index (χ3v) is 11.5. The molecule has 0 atom stereocenters. The molecule has 4 amide bonds. The first kappa shape index (κ1) is 65.4. The molecule has 0 saturated carbocycles. The zero-order valence-corrected chi connectivity index (χ0v) is 45.2. The molecular formula is C53H96N4O12. The van der Waals surface area contributed by atoms with Crippen molar-refractivity contribution in [2.24, 2.45) is 27.1 Å². The van der Waals surface area contributed by atoms with Crippen molar-refractivity contribution in [2.45, 2.75) is 186 Å². The summed E-state index contributed by atoms with van der Waals surface area (Å²) in [5, 5.41) is 11.4. The van der Waals surface area contributed by atoms with Crippen molar-refractivity contribution < 1.29 is 57.3 Å². The van der Waals surface area contributed by atoms with Crippen LogP contribution in [0.3, 0.4) is 0 Å². The van der Waals surface area contributed by atoms with Gasteiger partial charge in [0, 0.05) is 73.5 Å². The van der Waals surface area contributed by atoms with Crippen molar-refractivity contribution in [3.63, 3.8) is 0 Å². The Hall–Kier alpha value is -3.60. The van der Waals surface area contributed by atoms with E-state index in [4.69, 9.17) is 18.9 Å². The van der Waals surface area contributed by atoms with Crippen LogP contribution in [0.1, 0.15) is 186 Å². The number of hydrogen-bond acceptors (Lipinski definition) is 12. The van der Waals surface area contributed by atoms with Crippen LogP contribution in [0.4, 0.5) is 0 Å². The number of Topliss-reactive ketones (excluding diaryl/α,β-unsaturated/α-hetero) is 4. The normalized spacial score (nSPS) is 12.3. The second kappa shape index (κ2) is 34.7. The van der Waals surface area contributed by atoms with Crippen LogP contribution in [0.5, 0.6) is 0 Å². The Bertz CT molecular complexity index is 1320. The van der Waals surface area contributed by atoms with Gasteiger partial charge in [-0.05, 0) is 51.4 Å². The first-order valence-electron chi connectivity index (χ1n) is 25.6. The summed E-state index contributed by atoms with van der Waals surface area (Å²) in [6.07, 6.45) is 10.8. The van der Waals surface area contributed by atoms with Gasteiger partial charge in [0.15, 0.2) is 0 Å². The number of amides is 4. The maximum atomic E-state index is 12.8. The van der Waals surface area contributed by atoms with Crippen molar-refractivity contribution in [3.05, 3.63) is 0 Å². The Kier molecular flexibility index (Phi) is 32.9. The smallest absolute Gasteiger partial charge is 0.245 e. The molecular weight excluding hydrogens is 885 g/mol. The van der Waals surface area contributed by atoms with Crippen LogP contribution in [-0.2, 0) is 57.3 Å². The van der Waals surface area contributed by atoms with E-state index >= 15 is 0 Å². The van der Waals surface area contributed by atoms with Crippen molar-refractivity contribution in [1.82, 2.24) is 21.3 Å². The molecule has 69 heavy (non-hydrogen) atoms. The van der Waals surface area contributed by atoms with Gasteiger partial charge >= 0.3 is 0 Å². The second-order valence-corrected chi connectivity index (χ2v) is 22.8. The number of ketones is 4. The monoisotopic (exact) mass is 981 g/mol. The van der Waals surface area contributed by atoms with Crippen molar-refractivity contribution >= 4 is 46.8 Å². The minimum absolute atomic E-state index is 0.145. The van der Waals surface area contributed by atoms with Crippen molar-refractivity contribution in [1.29, 1.82) is 0 Å². The summed E-state index contributed by atoms with van der Waals surface area (Å²) in [4.78, 5) is 100. The van der Waals surface area contributed by atoms with Gasteiger partial charge in [0.05, 0.1) is 31.8 Å². The Morgan fingerprint density at radius 2 is 0.478 bits per heavy atom. The third-order valence-electron chi connectivity index (χ3n) is 11.5. The highest BCUT2D eigenvalue weighted by molar-refractivity contribution is 5.85. The van der Waals surface area contributed by atoms with E-state index in [0.717, 1.165) is 51.4 Å². The Labute approximate surface area is 416 Å². The molecule has 0 radical (unpaired) electrons. The molecule has 16 heteroatoms. The number of carbonyl (C=O) groups is 8. The number of unbranched alkanes of at least 4 members (excludes halogenated alkanes) is 8. The Morgan fingerprint density at radius 3 is 0.652 bits per heavy atom. The molecule has 0 aliphatic carbocycles. The molecule has 0 fully saturated rings. The lowest BCUT2D eigenvalue weighted by atomic mass is 9.88. The van der Waals surface area contributed by atoms with Crippen LogP contribution in [0.25, 0.3) is 0 Å². The van der Waals surface area contributed by atoms with Gasteiger partial charge in [0.25, 0.3) is 0 Å². The molecule has 0 bridgehead atoms. The lowest BCUT2D eigenvalue weighted by molar-refractivity contribution is -0.144. The van der Waals surface area contributed by atoms with E-state index in [2.05, 4.69) is 21.3 Å². The molecule has 0 aliphatic heterocycles. The highest BCUT2D eigenvalue weighted by Crippen LogP contribution is 2.23. The van der Waals surface area contributed by atoms with Crippen LogP contribution in [-0.4, -0.2) is 126 Å². The van der Waals surface area contributed by atoms with Gasteiger partial charge in [-0.25, -0.2) is 0 Å². The highest BCUT2D eigenvalue weighted by atomic mass is 16.5. The fourth-order valence-corrected chi connectivity index (χ4v) is 6.66. The molecule has 4 N–H and O–H groups in total. The lowest BCUT2D eigenvalue weighted by Gasteiger charge is -2.32. The quantitative estimate of drug-likeness (QED) is 0.0448. The molecule has 0 aromatic heterocycles. The fraction of sp³-hybridized carbons (Fsp3) is 0.849. The first-order chi connectivity index (χ1) is 32.1. The first-order valence-corrected chi connectivity index (χ1v) is 25.6.